The van der Waals surface area contributed by atoms with Gasteiger partial charge in [0.15, 0.2) is 5.78 Å². The van der Waals surface area contributed by atoms with Crippen molar-refractivity contribution in [2.45, 2.75) is 58.1 Å². The molecule has 1 atom stereocenters. The number of unbranched alkanes of at least 4 members (excludes halogenated alkanes) is 2. The number of aliphatic hydroxyl groups excluding tert-OH is 1. The predicted octanol–water partition coefficient (Wildman–Crippen LogP) is 2.78. The van der Waals surface area contributed by atoms with Crippen LogP contribution in [-0.4, -0.2) is 63.4 Å². The molecule has 1 fully saturated rings. The van der Waals surface area contributed by atoms with Crippen molar-refractivity contribution < 1.29 is 24.3 Å². The van der Waals surface area contributed by atoms with E-state index < -0.39 is 0 Å². The number of hydrogen-bond donors (Lipinski definition) is 2. The summed E-state index contributed by atoms with van der Waals surface area (Å²) in [5, 5.41) is 12.6. The van der Waals surface area contributed by atoms with Crippen LogP contribution in [0, 0.1) is 5.92 Å². The fraction of sp³-hybridized carbons (Fsp3) is 0.542. The molecule has 0 aliphatic carbocycles. The molecule has 0 saturated carbocycles. The number of amides is 3. The largest absolute Gasteiger partial charge is 0.396 e. The number of ketones is 1. The Balaban J connectivity index is 1.69. The Kier molecular flexibility index (Phi) is 10.7. The lowest BCUT2D eigenvalue weighted by Gasteiger charge is -2.14. The molecule has 2 N–H and O–H groups in total. The van der Waals surface area contributed by atoms with Crippen LogP contribution in [0.1, 0.15) is 68.8 Å². The normalized spacial score (nSPS) is 16.6. The van der Waals surface area contributed by atoms with Crippen molar-refractivity contribution in [2.24, 2.45) is 11.0 Å². The van der Waals surface area contributed by atoms with E-state index in [1.807, 2.05) is 26.0 Å². The number of carbonyl (C=O) groups is 4. The second-order valence-electron chi connectivity index (χ2n) is 8.31. The van der Waals surface area contributed by atoms with Crippen molar-refractivity contribution in [3.63, 3.8) is 0 Å². The van der Waals surface area contributed by atoms with E-state index in [9.17, 15) is 19.2 Å². The maximum Gasteiger partial charge on any atom is 0.242 e. The first-order valence-electron chi connectivity index (χ1n) is 11.3. The van der Waals surface area contributed by atoms with E-state index in [-0.39, 0.29) is 47.7 Å². The molecule has 9 heteroatoms. The molecule has 1 aromatic rings. The van der Waals surface area contributed by atoms with Crippen molar-refractivity contribution in [1.82, 2.24) is 10.3 Å². The summed E-state index contributed by atoms with van der Waals surface area (Å²) in [6.45, 7) is 5.86. The average Bonchev–Trinajstić information content (AvgIpc) is 3.07. The van der Waals surface area contributed by atoms with Gasteiger partial charge in [-0.15, -0.1) is 11.8 Å². The van der Waals surface area contributed by atoms with Crippen molar-refractivity contribution in [1.29, 1.82) is 0 Å². The number of carbonyl (C=O) groups excluding carboxylic acids is 4. The topological polar surface area (TPSA) is 116 Å². The number of likely N-dealkylation sites (tertiary alicyclic amines) is 1. The van der Waals surface area contributed by atoms with Crippen LogP contribution in [0.2, 0.25) is 0 Å². The molecular formula is C24H33N3O5S. The zero-order valence-corrected chi connectivity index (χ0v) is 20.3. The summed E-state index contributed by atoms with van der Waals surface area (Å²) >= 11 is 1.31. The van der Waals surface area contributed by atoms with E-state index in [4.69, 9.17) is 5.11 Å². The number of rotatable bonds is 13. The van der Waals surface area contributed by atoms with Crippen LogP contribution in [0.3, 0.4) is 0 Å². The highest BCUT2D eigenvalue weighted by Gasteiger charge is 2.38. The van der Waals surface area contributed by atoms with Crippen LogP contribution in [0.15, 0.2) is 29.4 Å². The van der Waals surface area contributed by atoms with E-state index in [0.717, 1.165) is 5.56 Å². The summed E-state index contributed by atoms with van der Waals surface area (Å²) in [5.41, 5.74) is 4.67. The molecule has 1 saturated heterocycles. The van der Waals surface area contributed by atoms with Gasteiger partial charge in [0, 0.05) is 36.6 Å². The van der Waals surface area contributed by atoms with E-state index >= 15 is 0 Å². The third-order valence-corrected chi connectivity index (χ3v) is 6.55. The number of aliphatic hydroxyl groups is 1. The van der Waals surface area contributed by atoms with Gasteiger partial charge in [-0.3, -0.25) is 24.1 Å². The fourth-order valence-electron chi connectivity index (χ4n) is 3.42. The molecule has 1 aliphatic heterocycles. The van der Waals surface area contributed by atoms with Crippen molar-refractivity contribution >= 4 is 41.0 Å². The van der Waals surface area contributed by atoms with Gasteiger partial charge in [-0.1, -0.05) is 44.5 Å². The quantitative estimate of drug-likeness (QED) is 0.149. The minimum absolute atomic E-state index is 0.0140. The first-order valence-corrected chi connectivity index (χ1v) is 12.3. The second kappa shape index (κ2) is 13.3. The van der Waals surface area contributed by atoms with Gasteiger partial charge < -0.3 is 5.11 Å². The lowest BCUT2D eigenvalue weighted by Crippen LogP contribution is -2.32. The molecule has 8 nitrogen and oxygen atoms in total. The van der Waals surface area contributed by atoms with Gasteiger partial charge in [0.05, 0.1) is 17.6 Å². The summed E-state index contributed by atoms with van der Waals surface area (Å²) in [6.07, 6.45) is 2.49. The van der Waals surface area contributed by atoms with E-state index in [2.05, 4.69) is 10.5 Å². The number of hydrazone groups is 1. The molecular weight excluding hydrogens is 442 g/mol. The predicted molar refractivity (Wildman–Crippen MR) is 129 cm³/mol. The van der Waals surface area contributed by atoms with Gasteiger partial charge in [0.25, 0.3) is 0 Å². The Bertz CT molecular complexity index is 883. The van der Waals surface area contributed by atoms with Crippen molar-refractivity contribution in [2.75, 3.05) is 18.9 Å². The number of nitrogens with one attached hydrogen (secondary N) is 1. The van der Waals surface area contributed by atoms with E-state index in [1.165, 1.54) is 16.7 Å². The standard InChI is InChI=1S/C24H33N3O5S/c1-16(2)23(31)19-10-8-18(9-11-19)17(3)25-26-21(29)7-5-4-6-12-27-22(30)15-20(24(27)32)33-14-13-28/h8-11,16,20,28H,4-7,12-15H2,1-3H3,(H,26,29)/b25-17-. The van der Waals surface area contributed by atoms with Gasteiger partial charge in [0.1, 0.15) is 0 Å². The Morgan fingerprint density at radius 2 is 1.82 bits per heavy atom. The summed E-state index contributed by atoms with van der Waals surface area (Å²) in [7, 11) is 0. The van der Waals surface area contributed by atoms with Crippen LogP contribution >= 0.6 is 11.8 Å². The third-order valence-electron chi connectivity index (χ3n) is 5.36. The van der Waals surface area contributed by atoms with Gasteiger partial charge in [0.2, 0.25) is 17.7 Å². The van der Waals surface area contributed by atoms with Gasteiger partial charge >= 0.3 is 0 Å². The van der Waals surface area contributed by atoms with Crippen molar-refractivity contribution in [3.05, 3.63) is 35.4 Å². The Labute approximate surface area is 199 Å². The molecule has 0 aromatic heterocycles. The SMILES string of the molecule is C/C(=N/NC(=O)CCCCCN1C(=O)CC(SCCO)C1=O)c1ccc(C(=O)C(C)C)cc1. The summed E-state index contributed by atoms with van der Waals surface area (Å²) in [4.78, 5) is 49.6. The highest BCUT2D eigenvalue weighted by Crippen LogP contribution is 2.25. The molecule has 1 aromatic carbocycles. The van der Waals surface area contributed by atoms with Crippen LogP contribution in [-0.2, 0) is 14.4 Å². The van der Waals surface area contributed by atoms with Gasteiger partial charge in [-0.2, -0.15) is 5.10 Å². The summed E-state index contributed by atoms with van der Waals surface area (Å²) < 4.78 is 0. The van der Waals surface area contributed by atoms with Gasteiger partial charge in [-0.05, 0) is 25.3 Å². The molecule has 3 amide bonds. The molecule has 1 aliphatic rings. The molecule has 0 radical (unpaired) electrons. The minimum atomic E-state index is -0.386. The summed E-state index contributed by atoms with van der Waals surface area (Å²) in [5.74, 6) is -0.0770. The Hall–Kier alpha value is -2.52. The fourth-order valence-corrected chi connectivity index (χ4v) is 4.34. The van der Waals surface area contributed by atoms with Crippen LogP contribution < -0.4 is 5.43 Å². The first-order chi connectivity index (χ1) is 15.7. The number of nitrogens with zero attached hydrogens (tertiary/aromatic N) is 2. The molecule has 33 heavy (non-hydrogen) atoms. The highest BCUT2D eigenvalue weighted by atomic mass is 32.2. The summed E-state index contributed by atoms with van der Waals surface area (Å²) in [6, 6.07) is 7.16. The maximum absolute atomic E-state index is 12.2. The molecule has 0 spiro atoms. The third kappa shape index (κ3) is 8.08. The molecule has 0 bridgehead atoms. The number of thioether (sulfide) groups is 1. The van der Waals surface area contributed by atoms with E-state index in [0.29, 0.717) is 49.3 Å². The second-order valence-corrected chi connectivity index (χ2v) is 9.62. The number of benzene rings is 1. The van der Waals surface area contributed by atoms with E-state index in [1.54, 1.807) is 19.1 Å². The number of hydrogen-bond acceptors (Lipinski definition) is 7. The highest BCUT2D eigenvalue weighted by molar-refractivity contribution is 8.00. The number of imide groups is 1. The Morgan fingerprint density at radius 1 is 1.15 bits per heavy atom. The van der Waals surface area contributed by atoms with Gasteiger partial charge in [-0.25, -0.2) is 5.43 Å². The van der Waals surface area contributed by atoms with Crippen molar-refractivity contribution in [3.8, 4) is 0 Å². The molecule has 180 valence electrons. The molecule has 2 rings (SSSR count). The first kappa shape index (κ1) is 26.7. The van der Waals surface area contributed by atoms with Crippen LogP contribution in [0.4, 0.5) is 0 Å². The maximum atomic E-state index is 12.2. The smallest absolute Gasteiger partial charge is 0.242 e. The minimum Gasteiger partial charge on any atom is -0.396 e. The average molecular weight is 476 g/mol. The molecule has 1 unspecified atom stereocenters. The Morgan fingerprint density at radius 3 is 2.45 bits per heavy atom. The molecule has 1 heterocycles. The zero-order valence-electron chi connectivity index (χ0n) is 19.5. The monoisotopic (exact) mass is 475 g/mol. The number of Topliss-reactive ketones (excluding diaryl/α,β-unsaturated/α-hetero) is 1. The van der Waals surface area contributed by atoms with Crippen LogP contribution in [0.5, 0.6) is 0 Å². The van der Waals surface area contributed by atoms with Crippen LogP contribution in [0.25, 0.3) is 0 Å². The zero-order chi connectivity index (χ0) is 24.4. The lowest BCUT2D eigenvalue weighted by atomic mass is 9.99. The lowest BCUT2D eigenvalue weighted by molar-refractivity contribution is -0.138.